The molecule has 0 aliphatic carbocycles. The van der Waals surface area contributed by atoms with Crippen molar-refractivity contribution in [2.45, 2.75) is 20.8 Å². The van der Waals surface area contributed by atoms with Crippen LogP contribution in [0.15, 0.2) is 16.7 Å². The zero-order valence-electron chi connectivity index (χ0n) is 9.90. The Labute approximate surface area is 97.9 Å². The van der Waals surface area contributed by atoms with Crippen molar-refractivity contribution in [3.05, 3.63) is 29.4 Å². The molecule has 3 aromatic rings. The minimum atomic E-state index is 0.641. The normalized spacial score (nSPS) is 11.2. The third-order valence-corrected chi connectivity index (χ3v) is 2.72. The van der Waals surface area contributed by atoms with Gasteiger partial charge >= 0.3 is 0 Å². The number of nitrogens with one attached hydrogen (secondary N) is 1. The fourth-order valence-corrected chi connectivity index (χ4v) is 1.89. The standard InChI is InChI=1S/C12H12N4O/c1-6-4-5-13-11-9(6)15-12(16-11)10-7(2)14-8(3)17-10/h4-5H,1-3H3,(H,13,15,16). The molecule has 5 nitrogen and oxygen atoms in total. The fourth-order valence-electron chi connectivity index (χ4n) is 1.89. The van der Waals surface area contributed by atoms with Crippen LogP contribution in [-0.2, 0) is 0 Å². The van der Waals surface area contributed by atoms with Crippen molar-refractivity contribution in [2.24, 2.45) is 0 Å². The topological polar surface area (TPSA) is 67.6 Å². The second-order valence-corrected chi connectivity index (χ2v) is 4.06. The van der Waals surface area contributed by atoms with Gasteiger partial charge < -0.3 is 9.40 Å². The number of imidazole rings is 1. The van der Waals surface area contributed by atoms with Gasteiger partial charge in [-0.2, -0.15) is 0 Å². The lowest BCUT2D eigenvalue weighted by atomic mass is 10.3. The molecule has 0 saturated heterocycles. The third-order valence-electron chi connectivity index (χ3n) is 2.72. The molecule has 5 heteroatoms. The third kappa shape index (κ3) is 1.51. The number of pyridine rings is 1. The number of rotatable bonds is 1. The van der Waals surface area contributed by atoms with Crippen LogP contribution in [0.3, 0.4) is 0 Å². The van der Waals surface area contributed by atoms with Gasteiger partial charge in [0.2, 0.25) is 0 Å². The number of aryl methyl sites for hydroxylation is 3. The van der Waals surface area contributed by atoms with E-state index >= 15 is 0 Å². The van der Waals surface area contributed by atoms with Gasteiger partial charge in [-0.1, -0.05) is 0 Å². The maximum Gasteiger partial charge on any atom is 0.192 e. The van der Waals surface area contributed by atoms with Crippen LogP contribution in [0.25, 0.3) is 22.7 Å². The minimum Gasteiger partial charge on any atom is -0.437 e. The molecule has 0 atom stereocenters. The molecular formula is C12H12N4O. The number of H-pyrrole nitrogens is 1. The van der Waals surface area contributed by atoms with Crippen molar-refractivity contribution in [3.8, 4) is 11.6 Å². The zero-order valence-corrected chi connectivity index (χ0v) is 9.90. The highest BCUT2D eigenvalue weighted by Crippen LogP contribution is 2.24. The van der Waals surface area contributed by atoms with E-state index in [0.717, 1.165) is 16.8 Å². The van der Waals surface area contributed by atoms with E-state index in [1.165, 1.54) is 0 Å². The molecule has 0 aliphatic heterocycles. The number of hydrogen-bond acceptors (Lipinski definition) is 4. The first-order chi connectivity index (χ1) is 8.15. The summed E-state index contributed by atoms with van der Waals surface area (Å²) in [7, 11) is 0. The maximum atomic E-state index is 5.54. The van der Waals surface area contributed by atoms with Crippen LogP contribution in [0.5, 0.6) is 0 Å². The van der Waals surface area contributed by atoms with Crippen LogP contribution in [0.4, 0.5) is 0 Å². The van der Waals surface area contributed by atoms with Crippen LogP contribution in [0, 0.1) is 20.8 Å². The highest BCUT2D eigenvalue weighted by atomic mass is 16.4. The van der Waals surface area contributed by atoms with Crippen LogP contribution in [0.1, 0.15) is 17.1 Å². The van der Waals surface area contributed by atoms with E-state index in [4.69, 9.17) is 4.42 Å². The lowest BCUT2D eigenvalue weighted by Crippen LogP contribution is -1.80. The van der Waals surface area contributed by atoms with Gasteiger partial charge in [-0.3, -0.25) is 0 Å². The van der Waals surface area contributed by atoms with E-state index in [9.17, 15) is 0 Å². The first kappa shape index (κ1) is 10.0. The van der Waals surface area contributed by atoms with Crippen molar-refractivity contribution >= 4 is 11.2 Å². The lowest BCUT2D eigenvalue weighted by molar-refractivity contribution is 0.531. The average Bonchev–Trinajstić information content (AvgIpc) is 2.82. The number of hydrogen-bond donors (Lipinski definition) is 1. The van der Waals surface area contributed by atoms with Crippen molar-refractivity contribution in [1.29, 1.82) is 0 Å². The van der Waals surface area contributed by atoms with Gasteiger partial charge in [0.1, 0.15) is 0 Å². The Bertz CT molecular complexity index is 696. The van der Waals surface area contributed by atoms with Gasteiger partial charge in [0.05, 0.1) is 11.2 Å². The molecule has 3 rings (SSSR count). The summed E-state index contributed by atoms with van der Waals surface area (Å²) in [6, 6.07) is 1.95. The van der Waals surface area contributed by atoms with E-state index in [2.05, 4.69) is 19.9 Å². The summed E-state index contributed by atoms with van der Waals surface area (Å²) in [5.41, 5.74) is 3.59. The Balaban J connectivity index is 2.25. The smallest absolute Gasteiger partial charge is 0.192 e. The number of aromatic nitrogens is 4. The number of nitrogens with zero attached hydrogens (tertiary/aromatic N) is 3. The molecule has 0 unspecified atom stereocenters. The van der Waals surface area contributed by atoms with Gasteiger partial charge in [-0.15, -0.1) is 0 Å². The highest BCUT2D eigenvalue weighted by molar-refractivity contribution is 5.78. The summed E-state index contributed by atoms with van der Waals surface area (Å²) in [5.74, 6) is 2.00. The number of aromatic amines is 1. The van der Waals surface area contributed by atoms with E-state index in [0.29, 0.717) is 23.1 Å². The Morgan fingerprint density at radius 2 is 2.00 bits per heavy atom. The second-order valence-electron chi connectivity index (χ2n) is 4.06. The summed E-state index contributed by atoms with van der Waals surface area (Å²) in [5, 5.41) is 0. The first-order valence-corrected chi connectivity index (χ1v) is 5.41. The summed E-state index contributed by atoms with van der Waals surface area (Å²) in [6.45, 7) is 5.74. The van der Waals surface area contributed by atoms with Gasteiger partial charge in [0, 0.05) is 13.1 Å². The van der Waals surface area contributed by atoms with Gasteiger partial charge in [-0.05, 0) is 25.5 Å². The molecule has 0 aromatic carbocycles. The number of oxazole rings is 1. The molecule has 0 saturated carbocycles. The van der Waals surface area contributed by atoms with Gasteiger partial charge in [0.25, 0.3) is 0 Å². The maximum absolute atomic E-state index is 5.54. The molecule has 0 fully saturated rings. The summed E-state index contributed by atoms with van der Waals surface area (Å²) in [4.78, 5) is 16.1. The average molecular weight is 228 g/mol. The quantitative estimate of drug-likeness (QED) is 0.695. The van der Waals surface area contributed by atoms with Crippen molar-refractivity contribution in [3.63, 3.8) is 0 Å². The molecule has 1 N–H and O–H groups in total. The minimum absolute atomic E-state index is 0.641. The molecule has 3 heterocycles. The van der Waals surface area contributed by atoms with Gasteiger partial charge in [0.15, 0.2) is 23.1 Å². The molecular weight excluding hydrogens is 216 g/mol. The van der Waals surface area contributed by atoms with Crippen molar-refractivity contribution in [1.82, 2.24) is 19.9 Å². The van der Waals surface area contributed by atoms with Crippen molar-refractivity contribution in [2.75, 3.05) is 0 Å². The Kier molecular flexibility index (Phi) is 2.01. The molecule has 0 amide bonds. The van der Waals surface area contributed by atoms with E-state index in [1.54, 1.807) is 6.20 Å². The SMILES string of the molecule is Cc1nc(C)c(-c2nc3nccc(C)c3[nH]2)o1. The fraction of sp³-hybridized carbons (Fsp3) is 0.250. The summed E-state index contributed by atoms with van der Waals surface area (Å²) in [6.07, 6.45) is 1.75. The van der Waals surface area contributed by atoms with Crippen LogP contribution >= 0.6 is 0 Å². The number of fused-ring (bicyclic) bond motifs is 1. The van der Waals surface area contributed by atoms with Crippen molar-refractivity contribution < 1.29 is 4.42 Å². The molecule has 3 aromatic heterocycles. The van der Waals surface area contributed by atoms with Crippen LogP contribution < -0.4 is 0 Å². The van der Waals surface area contributed by atoms with Gasteiger partial charge in [-0.25, -0.2) is 15.0 Å². The van der Waals surface area contributed by atoms with E-state index in [1.807, 2.05) is 26.8 Å². The first-order valence-electron chi connectivity index (χ1n) is 5.41. The zero-order chi connectivity index (χ0) is 12.0. The Morgan fingerprint density at radius 3 is 2.65 bits per heavy atom. The molecule has 0 aliphatic rings. The highest BCUT2D eigenvalue weighted by Gasteiger charge is 2.14. The predicted octanol–water partition coefficient (Wildman–Crippen LogP) is 2.54. The predicted molar refractivity (Wildman–Crippen MR) is 63.6 cm³/mol. The van der Waals surface area contributed by atoms with E-state index < -0.39 is 0 Å². The Hall–Kier alpha value is -2.17. The van der Waals surface area contributed by atoms with E-state index in [-0.39, 0.29) is 0 Å². The lowest BCUT2D eigenvalue weighted by Gasteiger charge is -1.91. The summed E-state index contributed by atoms with van der Waals surface area (Å²) >= 11 is 0. The molecule has 0 spiro atoms. The molecule has 0 bridgehead atoms. The second kappa shape index (κ2) is 3.41. The largest absolute Gasteiger partial charge is 0.437 e. The molecule has 86 valence electrons. The monoisotopic (exact) mass is 228 g/mol. The molecule has 17 heavy (non-hydrogen) atoms. The summed E-state index contributed by atoms with van der Waals surface area (Å²) < 4.78 is 5.54. The Morgan fingerprint density at radius 1 is 1.18 bits per heavy atom. The van der Waals surface area contributed by atoms with Crippen LogP contribution in [-0.4, -0.2) is 19.9 Å². The van der Waals surface area contributed by atoms with Crippen LogP contribution in [0.2, 0.25) is 0 Å². The molecule has 0 radical (unpaired) electrons.